The molecule has 0 bridgehead atoms. The van der Waals surface area contributed by atoms with Crippen LogP contribution in [-0.2, 0) is 0 Å². The lowest BCUT2D eigenvalue weighted by Crippen LogP contribution is -2.12. The molecule has 2 rings (SSSR count). The number of phenolic OH excluding ortho intramolecular Hbond substituents is 1. The van der Waals surface area contributed by atoms with Crippen molar-refractivity contribution in [3.05, 3.63) is 38.9 Å². The second kappa shape index (κ2) is 5.13. The van der Waals surface area contributed by atoms with Gasteiger partial charge in [-0.25, -0.2) is 4.98 Å². The van der Waals surface area contributed by atoms with E-state index >= 15 is 0 Å². The monoisotopic (exact) mass is 294 g/mol. The summed E-state index contributed by atoms with van der Waals surface area (Å²) in [7, 11) is 0. The van der Waals surface area contributed by atoms with Crippen LogP contribution < -0.4 is 11.1 Å². The first kappa shape index (κ1) is 13.7. The molecule has 0 saturated carbocycles. The van der Waals surface area contributed by atoms with Crippen LogP contribution in [0.2, 0.25) is 0 Å². The number of nitrogens with one attached hydrogen (secondary N) is 1. The van der Waals surface area contributed by atoms with Gasteiger partial charge in [0.25, 0.3) is 11.6 Å². The standard InChI is InChI=1S/C11H10N4O4S/c1-5-9(20-11(12)13-5)10(17)14-7-3-2-6(16)4-8(7)15(18)19/h2-4,16H,1H3,(H2,12,13)(H,14,17). The minimum Gasteiger partial charge on any atom is -0.508 e. The molecule has 0 aliphatic heterocycles. The molecule has 0 radical (unpaired) electrons. The van der Waals surface area contributed by atoms with Crippen LogP contribution in [0, 0.1) is 17.0 Å². The zero-order valence-electron chi connectivity index (χ0n) is 10.3. The molecule has 1 heterocycles. The summed E-state index contributed by atoms with van der Waals surface area (Å²) >= 11 is 0.995. The van der Waals surface area contributed by atoms with Crippen LogP contribution in [0.3, 0.4) is 0 Å². The van der Waals surface area contributed by atoms with E-state index < -0.39 is 16.5 Å². The van der Waals surface area contributed by atoms with Gasteiger partial charge < -0.3 is 16.2 Å². The van der Waals surface area contributed by atoms with Crippen LogP contribution in [0.5, 0.6) is 5.75 Å². The number of nitrogens with zero attached hydrogens (tertiary/aromatic N) is 2. The van der Waals surface area contributed by atoms with E-state index in [4.69, 9.17) is 5.73 Å². The van der Waals surface area contributed by atoms with E-state index in [1.54, 1.807) is 6.92 Å². The first-order valence-corrected chi connectivity index (χ1v) is 6.22. The number of nitrogens with two attached hydrogens (primary N) is 1. The Morgan fingerprint density at radius 2 is 2.25 bits per heavy atom. The summed E-state index contributed by atoms with van der Waals surface area (Å²) in [4.78, 5) is 26.4. The van der Waals surface area contributed by atoms with Gasteiger partial charge in [-0.3, -0.25) is 14.9 Å². The van der Waals surface area contributed by atoms with Crippen LogP contribution in [0.1, 0.15) is 15.4 Å². The van der Waals surface area contributed by atoms with Crippen molar-refractivity contribution in [2.24, 2.45) is 0 Å². The highest BCUT2D eigenvalue weighted by atomic mass is 32.1. The van der Waals surface area contributed by atoms with Gasteiger partial charge in [0.05, 0.1) is 16.7 Å². The third-order valence-corrected chi connectivity index (χ3v) is 3.43. The van der Waals surface area contributed by atoms with E-state index in [1.807, 2.05) is 0 Å². The number of amides is 1. The molecule has 4 N–H and O–H groups in total. The Balaban J connectivity index is 2.33. The molecule has 0 atom stereocenters. The lowest BCUT2D eigenvalue weighted by Gasteiger charge is -2.05. The maximum absolute atomic E-state index is 12.0. The summed E-state index contributed by atoms with van der Waals surface area (Å²) in [6.45, 7) is 1.62. The van der Waals surface area contributed by atoms with Crippen LogP contribution in [0.25, 0.3) is 0 Å². The number of phenols is 1. The molecule has 1 amide bonds. The van der Waals surface area contributed by atoms with Gasteiger partial charge in [0.15, 0.2) is 5.13 Å². The summed E-state index contributed by atoms with van der Waals surface area (Å²) in [6, 6.07) is 3.46. The third kappa shape index (κ3) is 2.67. The normalized spacial score (nSPS) is 10.2. The highest BCUT2D eigenvalue weighted by Crippen LogP contribution is 2.29. The Bertz CT molecular complexity index is 698. The predicted octanol–water partition coefficient (Wildman–Crippen LogP) is 1.90. The lowest BCUT2D eigenvalue weighted by atomic mass is 10.2. The Hall–Kier alpha value is -2.68. The number of anilines is 2. The number of hydrogen-bond donors (Lipinski definition) is 3. The van der Waals surface area contributed by atoms with Gasteiger partial charge in [0.2, 0.25) is 0 Å². The number of aromatic nitrogens is 1. The quantitative estimate of drug-likeness (QED) is 0.450. The second-order valence-corrected chi connectivity index (χ2v) is 4.91. The minimum atomic E-state index is -0.691. The summed E-state index contributed by atoms with van der Waals surface area (Å²) in [5.74, 6) is -0.793. The highest BCUT2D eigenvalue weighted by molar-refractivity contribution is 7.17. The SMILES string of the molecule is Cc1nc(N)sc1C(=O)Nc1ccc(O)cc1[N+](=O)[O-]. The Morgan fingerprint density at radius 3 is 2.80 bits per heavy atom. The van der Waals surface area contributed by atoms with Crippen molar-refractivity contribution in [1.82, 2.24) is 4.98 Å². The van der Waals surface area contributed by atoms with Crippen molar-refractivity contribution in [1.29, 1.82) is 0 Å². The number of rotatable bonds is 3. The molecule has 0 fully saturated rings. The fraction of sp³-hybridized carbons (Fsp3) is 0.0909. The number of thiazole rings is 1. The molecule has 1 aromatic heterocycles. The van der Waals surface area contributed by atoms with E-state index in [0.29, 0.717) is 5.69 Å². The molecule has 0 aliphatic carbocycles. The van der Waals surface area contributed by atoms with E-state index in [1.165, 1.54) is 12.1 Å². The number of benzene rings is 1. The van der Waals surface area contributed by atoms with Crippen molar-refractivity contribution < 1.29 is 14.8 Å². The number of nitrogen functional groups attached to an aromatic ring is 1. The van der Waals surface area contributed by atoms with E-state index in [0.717, 1.165) is 17.4 Å². The van der Waals surface area contributed by atoms with Gasteiger partial charge in [-0.2, -0.15) is 0 Å². The highest BCUT2D eigenvalue weighted by Gasteiger charge is 2.20. The van der Waals surface area contributed by atoms with Gasteiger partial charge in [-0.1, -0.05) is 11.3 Å². The van der Waals surface area contributed by atoms with Gasteiger partial charge >= 0.3 is 0 Å². The van der Waals surface area contributed by atoms with E-state index in [9.17, 15) is 20.0 Å². The smallest absolute Gasteiger partial charge is 0.296 e. The topological polar surface area (TPSA) is 131 Å². The van der Waals surface area contributed by atoms with E-state index in [2.05, 4.69) is 10.3 Å². The zero-order chi connectivity index (χ0) is 14.9. The summed E-state index contributed by atoms with van der Waals surface area (Å²) in [6.07, 6.45) is 0. The van der Waals surface area contributed by atoms with Crippen molar-refractivity contribution in [3.8, 4) is 5.75 Å². The maximum atomic E-state index is 12.0. The number of aromatic hydroxyl groups is 1. The number of aryl methyl sites for hydroxylation is 1. The molecule has 8 nitrogen and oxygen atoms in total. The molecule has 0 aliphatic rings. The molecule has 104 valence electrons. The Kier molecular flexibility index (Phi) is 3.53. The number of nitro groups is 1. The molecular formula is C11H10N4O4S. The number of nitro benzene ring substituents is 1. The fourth-order valence-electron chi connectivity index (χ4n) is 1.58. The largest absolute Gasteiger partial charge is 0.508 e. The Morgan fingerprint density at radius 1 is 1.55 bits per heavy atom. The van der Waals surface area contributed by atoms with E-state index in [-0.39, 0.29) is 21.4 Å². The van der Waals surface area contributed by atoms with Crippen LogP contribution in [0.15, 0.2) is 18.2 Å². The van der Waals surface area contributed by atoms with Crippen LogP contribution >= 0.6 is 11.3 Å². The predicted molar refractivity (Wildman–Crippen MR) is 74.0 cm³/mol. The minimum absolute atomic E-state index is 0.0100. The second-order valence-electron chi connectivity index (χ2n) is 3.88. The fourth-order valence-corrected chi connectivity index (χ4v) is 2.31. The molecule has 9 heteroatoms. The average molecular weight is 294 g/mol. The van der Waals surface area contributed by atoms with Crippen LogP contribution in [0.4, 0.5) is 16.5 Å². The van der Waals surface area contributed by atoms with Gasteiger partial charge in [0.1, 0.15) is 16.3 Å². The summed E-state index contributed by atoms with van der Waals surface area (Å²) in [5.41, 5.74) is 5.54. The lowest BCUT2D eigenvalue weighted by molar-refractivity contribution is -0.384. The Labute approximate surface area is 117 Å². The molecule has 20 heavy (non-hydrogen) atoms. The average Bonchev–Trinajstić information content (AvgIpc) is 2.70. The van der Waals surface area contributed by atoms with Gasteiger partial charge in [-0.15, -0.1) is 0 Å². The summed E-state index contributed by atoms with van der Waals surface area (Å²) in [5, 5.41) is 22.8. The first-order valence-electron chi connectivity index (χ1n) is 5.40. The van der Waals surface area contributed by atoms with Crippen LogP contribution in [-0.4, -0.2) is 20.9 Å². The van der Waals surface area contributed by atoms with Gasteiger partial charge in [0, 0.05) is 0 Å². The van der Waals surface area contributed by atoms with Crippen molar-refractivity contribution in [2.45, 2.75) is 6.92 Å². The molecule has 0 spiro atoms. The summed E-state index contributed by atoms with van der Waals surface area (Å²) < 4.78 is 0. The maximum Gasteiger partial charge on any atom is 0.296 e. The third-order valence-electron chi connectivity index (χ3n) is 2.45. The number of hydrogen-bond acceptors (Lipinski definition) is 7. The van der Waals surface area contributed by atoms with Crippen molar-refractivity contribution in [3.63, 3.8) is 0 Å². The van der Waals surface area contributed by atoms with Gasteiger partial charge in [-0.05, 0) is 19.1 Å². The zero-order valence-corrected chi connectivity index (χ0v) is 11.1. The first-order chi connectivity index (χ1) is 9.38. The molecule has 2 aromatic rings. The van der Waals surface area contributed by atoms with Crippen molar-refractivity contribution >= 4 is 33.8 Å². The number of carbonyl (C=O) groups excluding carboxylic acids is 1. The molecular weight excluding hydrogens is 284 g/mol. The molecule has 0 saturated heterocycles. The molecule has 0 unspecified atom stereocenters. The van der Waals surface area contributed by atoms with Crippen molar-refractivity contribution in [2.75, 3.05) is 11.1 Å². The molecule has 1 aromatic carbocycles. The number of carbonyl (C=O) groups is 1.